The number of likely N-dealkylation sites (tertiary alicyclic amines) is 1. The lowest BCUT2D eigenvalue weighted by atomic mass is 10.0. The number of thioether (sulfide) groups is 1. The van der Waals surface area contributed by atoms with Gasteiger partial charge in [-0.3, -0.25) is 9.59 Å². The molecule has 2 aromatic rings. The van der Waals surface area contributed by atoms with Gasteiger partial charge in [-0.2, -0.15) is 11.8 Å². The Morgan fingerprint density at radius 2 is 1.97 bits per heavy atom. The van der Waals surface area contributed by atoms with Crippen LogP contribution < -0.4 is 4.74 Å². The van der Waals surface area contributed by atoms with E-state index in [0.29, 0.717) is 37.3 Å². The highest BCUT2D eigenvalue weighted by molar-refractivity contribution is 7.99. The van der Waals surface area contributed by atoms with Crippen molar-refractivity contribution in [3.05, 3.63) is 59.9 Å². The maximum Gasteiger partial charge on any atom is 0.305 e. The lowest BCUT2D eigenvalue weighted by molar-refractivity contribution is -0.140. The van der Waals surface area contributed by atoms with Gasteiger partial charge in [0, 0.05) is 37.2 Å². The lowest BCUT2D eigenvalue weighted by Crippen LogP contribution is -2.35. The summed E-state index contributed by atoms with van der Waals surface area (Å²) < 4.78 is 23.8. The number of carbonyl (C=O) groups is 2. The summed E-state index contributed by atoms with van der Waals surface area (Å²) in [6.45, 7) is 0.680. The van der Waals surface area contributed by atoms with E-state index in [1.54, 1.807) is 42.1 Å². The lowest BCUT2D eigenvalue weighted by Gasteiger charge is -2.25. The molecule has 2 aromatic carbocycles. The van der Waals surface area contributed by atoms with Crippen molar-refractivity contribution in [2.45, 2.75) is 50.7 Å². The van der Waals surface area contributed by atoms with Crippen LogP contribution in [0.15, 0.2) is 48.5 Å². The van der Waals surface area contributed by atoms with Gasteiger partial charge in [0.05, 0.1) is 13.2 Å². The van der Waals surface area contributed by atoms with Gasteiger partial charge in [-0.05, 0) is 61.3 Å². The van der Waals surface area contributed by atoms with Crippen LogP contribution in [0.25, 0.3) is 0 Å². The molecule has 0 saturated carbocycles. The van der Waals surface area contributed by atoms with Crippen molar-refractivity contribution in [1.29, 1.82) is 0 Å². The maximum atomic E-state index is 13.4. The number of ether oxygens (including phenoxy) is 2. The van der Waals surface area contributed by atoms with E-state index >= 15 is 0 Å². The molecule has 1 fully saturated rings. The van der Waals surface area contributed by atoms with Crippen molar-refractivity contribution in [3.63, 3.8) is 0 Å². The van der Waals surface area contributed by atoms with Crippen molar-refractivity contribution >= 4 is 23.6 Å². The molecule has 2 atom stereocenters. The van der Waals surface area contributed by atoms with E-state index in [9.17, 15) is 19.1 Å². The van der Waals surface area contributed by atoms with E-state index in [2.05, 4.69) is 4.74 Å². The molecule has 3 rings (SSSR count). The Morgan fingerprint density at radius 1 is 1.21 bits per heavy atom. The van der Waals surface area contributed by atoms with Crippen molar-refractivity contribution in [2.75, 3.05) is 25.2 Å². The first-order chi connectivity index (χ1) is 16.5. The fraction of sp³-hybridized carbons (Fsp3) is 0.462. The summed E-state index contributed by atoms with van der Waals surface area (Å²) in [5, 5.41) is 10.7. The number of amides is 1. The molecule has 1 heterocycles. The Morgan fingerprint density at radius 3 is 2.74 bits per heavy atom. The fourth-order valence-corrected chi connectivity index (χ4v) is 4.93. The average Bonchev–Trinajstić information content (AvgIpc) is 3.18. The number of carbonyl (C=O) groups excluding carboxylic acids is 2. The van der Waals surface area contributed by atoms with Crippen LogP contribution in [0, 0.1) is 5.82 Å². The fourth-order valence-electron chi connectivity index (χ4n) is 4.06. The molecule has 0 aromatic heterocycles. The number of aliphatic hydroxyl groups excluding tert-OH is 1. The Hall–Kier alpha value is -2.58. The number of halogens is 1. The molecule has 0 aliphatic carbocycles. The van der Waals surface area contributed by atoms with E-state index in [-0.39, 0.29) is 23.7 Å². The first-order valence-corrected chi connectivity index (χ1v) is 12.8. The Bertz CT molecular complexity index is 956. The van der Waals surface area contributed by atoms with Gasteiger partial charge < -0.3 is 19.5 Å². The number of aliphatic hydroxyl groups is 1. The number of hydrogen-bond acceptors (Lipinski definition) is 6. The first-order valence-electron chi connectivity index (χ1n) is 11.6. The summed E-state index contributed by atoms with van der Waals surface area (Å²) in [6, 6.07) is 13.2. The molecular formula is C26H32FNO5S. The van der Waals surface area contributed by atoms with E-state index in [1.807, 2.05) is 11.0 Å². The number of rotatable bonds is 13. The van der Waals surface area contributed by atoms with Crippen molar-refractivity contribution in [3.8, 4) is 11.5 Å². The van der Waals surface area contributed by atoms with Gasteiger partial charge in [-0.25, -0.2) is 4.39 Å². The molecular weight excluding hydrogens is 457 g/mol. The summed E-state index contributed by atoms with van der Waals surface area (Å²) in [7, 11) is 1.39. The number of benzene rings is 2. The third-order valence-corrected chi connectivity index (χ3v) is 6.92. The van der Waals surface area contributed by atoms with E-state index in [1.165, 1.54) is 19.2 Å². The second kappa shape index (κ2) is 13.3. The normalized spacial score (nSPS) is 16.5. The van der Waals surface area contributed by atoms with E-state index < -0.39 is 6.10 Å². The second-order valence-corrected chi connectivity index (χ2v) is 9.52. The molecule has 6 nitrogen and oxygen atoms in total. The highest BCUT2D eigenvalue weighted by atomic mass is 32.2. The van der Waals surface area contributed by atoms with Gasteiger partial charge in [-0.1, -0.05) is 18.2 Å². The van der Waals surface area contributed by atoms with Crippen molar-refractivity contribution < 1.29 is 28.6 Å². The summed E-state index contributed by atoms with van der Waals surface area (Å²) in [5.41, 5.74) is 0.728. The van der Waals surface area contributed by atoms with Crippen LogP contribution >= 0.6 is 11.8 Å². The topological polar surface area (TPSA) is 76.1 Å². The van der Waals surface area contributed by atoms with Crippen LogP contribution in [0.3, 0.4) is 0 Å². The van der Waals surface area contributed by atoms with E-state index in [0.717, 1.165) is 36.3 Å². The van der Waals surface area contributed by atoms with Gasteiger partial charge in [0.15, 0.2) is 0 Å². The SMILES string of the molecule is COC(=O)CCCSCCN1C(=O)CC[C@@H]1CC[C@@H](O)c1cccc(Oc2cccc(F)c2)c1. The number of esters is 1. The largest absolute Gasteiger partial charge is 0.469 e. The molecule has 0 bridgehead atoms. The maximum absolute atomic E-state index is 13.4. The molecule has 8 heteroatoms. The highest BCUT2D eigenvalue weighted by Gasteiger charge is 2.30. The third kappa shape index (κ3) is 8.02. The summed E-state index contributed by atoms with van der Waals surface area (Å²) in [4.78, 5) is 25.4. The third-order valence-electron chi connectivity index (χ3n) is 5.87. The van der Waals surface area contributed by atoms with E-state index in [4.69, 9.17) is 4.74 Å². The van der Waals surface area contributed by atoms with Gasteiger partial charge >= 0.3 is 5.97 Å². The predicted molar refractivity (Wildman–Crippen MR) is 130 cm³/mol. The van der Waals surface area contributed by atoms with Crippen LogP contribution in [0.4, 0.5) is 4.39 Å². The summed E-state index contributed by atoms with van der Waals surface area (Å²) in [6.07, 6.45) is 3.11. The second-order valence-electron chi connectivity index (χ2n) is 8.30. The summed E-state index contributed by atoms with van der Waals surface area (Å²) >= 11 is 1.73. The minimum absolute atomic E-state index is 0.129. The first kappa shape index (κ1) is 26.0. The molecule has 1 saturated heterocycles. The van der Waals surface area contributed by atoms with Crippen LogP contribution in [-0.2, 0) is 14.3 Å². The van der Waals surface area contributed by atoms with Gasteiger partial charge in [0.1, 0.15) is 17.3 Å². The van der Waals surface area contributed by atoms with Crippen LogP contribution in [0.1, 0.15) is 50.2 Å². The van der Waals surface area contributed by atoms with Crippen LogP contribution in [-0.4, -0.2) is 53.1 Å². The number of methoxy groups -OCH3 is 1. The standard InChI is InChI=1S/C26H32FNO5S/c1-32-26(31)9-4-15-34-16-14-28-21(11-13-25(28)30)10-12-24(29)19-5-2-7-22(17-19)33-23-8-3-6-20(27)18-23/h2-3,5-8,17-18,21,24,29H,4,9-16H2,1H3/t21-,24+/m0/s1. The smallest absolute Gasteiger partial charge is 0.305 e. The zero-order valence-corrected chi connectivity index (χ0v) is 20.3. The summed E-state index contributed by atoms with van der Waals surface area (Å²) in [5.74, 6) is 2.21. The molecule has 1 aliphatic rings. The van der Waals surface area contributed by atoms with Crippen LogP contribution in [0.5, 0.6) is 11.5 Å². The van der Waals surface area contributed by atoms with Gasteiger partial charge in [-0.15, -0.1) is 0 Å². The highest BCUT2D eigenvalue weighted by Crippen LogP contribution is 2.30. The average molecular weight is 490 g/mol. The quantitative estimate of drug-likeness (QED) is 0.311. The van der Waals surface area contributed by atoms with Gasteiger partial charge in [0.25, 0.3) is 0 Å². The molecule has 1 aliphatic heterocycles. The molecule has 184 valence electrons. The zero-order valence-electron chi connectivity index (χ0n) is 19.5. The molecule has 0 unspecified atom stereocenters. The molecule has 1 N–H and O–H groups in total. The van der Waals surface area contributed by atoms with Crippen molar-refractivity contribution in [1.82, 2.24) is 4.90 Å². The molecule has 0 spiro atoms. The van der Waals surface area contributed by atoms with Gasteiger partial charge in [0.2, 0.25) is 5.91 Å². The van der Waals surface area contributed by atoms with Crippen molar-refractivity contribution in [2.24, 2.45) is 0 Å². The molecule has 34 heavy (non-hydrogen) atoms. The predicted octanol–water partition coefficient (Wildman–Crippen LogP) is 5.11. The monoisotopic (exact) mass is 489 g/mol. The van der Waals surface area contributed by atoms with Crippen LogP contribution in [0.2, 0.25) is 0 Å². The minimum Gasteiger partial charge on any atom is -0.469 e. The number of nitrogens with zero attached hydrogens (tertiary/aromatic N) is 1. The molecule has 1 amide bonds. The number of hydrogen-bond donors (Lipinski definition) is 1. The minimum atomic E-state index is -0.679. The molecule has 0 radical (unpaired) electrons. The zero-order chi connectivity index (χ0) is 24.3. The Labute approximate surface area is 204 Å². The Kier molecular flexibility index (Phi) is 10.2. The Balaban J connectivity index is 1.45.